The van der Waals surface area contributed by atoms with Crippen molar-refractivity contribution in [1.29, 1.82) is 0 Å². The van der Waals surface area contributed by atoms with E-state index in [9.17, 15) is 4.39 Å². The Balaban J connectivity index is 2.76. The van der Waals surface area contributed by atoms with Gasteiger partial charge in [-0.2, -0.15) is 0 Å². The first-order valence-electron chi connectivity index (χ1n) is 4.72. The van der Waals surface area contributed by atoms with Gasteiger partial charge >= 0.3 is 0 Å². The van der Waals surface area contributed by atoms with Gasteiger partial charge in [0.1, 0.15) is 5.82 Å². The molecule has 1 unspecified atom stereocenters. The summed E-state index contributed by atoms with van der Waals surface area (Å²) >= 11 is 3.31. The molecule has 0 bridgehead atoms. The fraction of sp³-hybridized carbons (Fsp3) is 0.455. The molecule has 0 saturated heterocycles. The first kappa shape index (κ1) is 11.7. The van der Waals surface area contributed by atoms with Crippen molar-refractivity contribution >= 4 is 15.9 Å². The highest BCUT2D eigenvalue weighted by atomic mass is 79.9. The number of halogens is 2. The largest absolute Gasteiger partial charge is 0.396 e. The highest BCUT2D eigenvalue weighted by Gasteiger charge is 2.08. The fourth-order valence-corrected chi connectivity index (χ4v) is 1.85. The summed E-state index contributed by atoms with van der Waals surface area (Å²) in [5, 5.41) is 9.04. The molecule has 0 aliphatic heterocycles. The summed E-state index contributed by atoms with van der Waals surface area (Å²) in [6.45, 7) is 2.22. The van der Waals surface area contributed by atoms with Gasteiger partial charge in [-0.3, -0.25) is 0 Å². The number of aliphatic hydroxyl groups is 1. The minimum absolute atomic E-state index is 0.181. The van der Waals surface area contributed by atoms with Crippen LogP contribution in [-0.2, 0) is 6.42 Å². The maximum atomic E-state index is 12.8. The first-order chi connectivity index (χ1) is 6.67. The van der Waals surface area contributed by atoms with Crippen LogP contribution in [0.15, 0.2) is 22.7 Å². The molecule has 78 valence electrons. The Morgan fingerprint density at radius 1 is 1.50 bits per heavy atom. The average molecular weight is 261 g/mol. The van der Waals surface area contributed by atoms with Crippen molar-refractivity contribution in [3.8, 4) is 0 Å². The molecule has 1 atom stereocenters. The van der Waals surface area contributed by atoms with E-state index in [0.717, 1.165) is 22.9 Å². The molecule has 0 amide bonds. The van der Waals surface area contributed by atoms with Gasteiger partial charge in [0.15, 0.2) is 0 Å². The summed E-state index contributed by atoms with van der Waals surface area (Å²) in [4.78, 5) is 0. The quantitative estimate of drug-likeness (QED) is 0.882. The van der Waals surface area contributed by atoms with Gasteiger partial charge in [-0.25, -0.2) is 4.39 Å². The zero-order valence-corrected chi connectivity index (χ0v) is 9.72. The van der Waals surface area contributed by atoms with E-state index in [0.29, 0.717) is 0 Å². The lowest BCUT2D eigenvalue weighted by Gasteiger charge is -2.12. The van der Waals surface area contributed by atoms with E-state index in [2.05, 4.69) is 15.9 Å². The minimum Gasteiger partial charge on any atom is -0.396 e. The molecule has 0 radical (unpaired) electrons. The van der Waals surface area contributed by atoms with Crippen molar-refractivity contribution in [2.75, 3.05) is 6.61 Å². The van der Waals surface area contributed by atoms with E-state index >= 15 is 0 Å². The molecule has 0 spiro atoms. The summed E-state index contributed by atoms with van der Waals surface area (Å²) in [6, 6.07) is 4.67. The second-order valence-electron chi connectivity index (χ2n) is 3.40. The van der Waals surface area contributed by atoms with E-state index in [-0.39, 0.29) is 18.3 Å². The summed E-state index contributed by atoms with van der Waals surface area (Å²) in [6.07, 6.45) is 1.72. The molecule has 14 heavy (non-hydrogen) atoms. The van der Waals surface area contributed by atoms with E-state index in [1.807, 2.05) is 6.92 Å². The van der Waals surface area contributed by atoms with Crippen LogP contribution in [0.2, 0.25) is 0 Å². The first-order valence-corrected chi connectivity index (χ1v) is 5.51. The molecule has 3 heteroatoms. The van der Waals surface area contributed by atoms with Crippen LogP contribution < -0.4 is 0 Å². The molecule has 1 nitrogen and oxygen atoms in total. The Morgan fingerprint density at radius 3 is 2.71 bits per heavy atom. The van der Waals surface area contributed by atoms with Gasteiger partial charge in [-0.05, 0) is 30.0 Å². The Morgan fingerprint density at radius 2 is 2.21 bits per heavy atom. The normalized spacial score (nSPS) is 12.9. The molecule has 1 rings (SSSR count). The number of hydrogen-bond donors (Lipinski definition) is 1. The molecule has 0 aromatic heterocycles. The van der Waals surface area contributed by atoms with E-state index in [1.54, 1.807) is 6.07 Å². The molecule has 0 aliphatic carbocycles. The van der Waals surface area contributed by atoms with Crippen molar-refractivity contribution in [2.45, 2.75) is 19.8 Å². The van der Waals surface area contributed by atoms with Gasteiger partial charge in [-0.1, -0.05) is 35.3 Å². The van der Waals surface area contributed by atoms with Crippen molar-refractivity contribution in [1.82, 2.24) is 0 Å². The molecule has 0 fully saturated rings. The molecule has 0 heterocycles. The third kappa shape index (κ3) is 3.07. The van der Waals surface area contributed by atoms with Crippen LogP contribution in [0.1, 0.15) is 18.9 Å². The van der Waals surface area contributed by atoms with Gasteiger partial charge in [0, 0.05) is 11.1 Å². The predicted octanol–water partition coefficient (Wildman–Crippen LogP) is 3.15. The predicted molar refractivity (Wildman–Crippen MR) is 58.7 cm³/mol. The zero-order chi connectivity index (χ0) is 10.6. The van der Waals surface area contributed by atoms with Gasteiger partial charge < -0.3 is 5.11 Å². The third-order valence-electron chi connectivity index (χ3n) is 2.36. The second-order valence-corrected chi connectivity index (χ2v) is 4.25. The second kappa shape index (κ2) is 5.47. The SMILES string of the molecule is CCC(CO)Cc1ccc(F)cc1Br. The van der Waals surface area contributed by atoms with E-state index < -0.39 is 0 Å². The molecule has 0 aliphatic rings. The Hall–Kier alpha value is -0.410. The minimum atomic E-state index is -0.238. The lowest BCUT2D eigenvalue weighted by atomic mass is 9.98. The van der Waals surface area contributed by atoms with Crippen LogP contribution in [0, 0.1) is 11.7 Å². The van der Waals surface area contributed by atoms with Crippen molar-refractivity contribution in [3.05, 3.63) is 34.1 Å². The van der Waals surface area contributed by atoms with Gasteiger partial charge in [0.05, 0.1) is 0 Å². The summed E-state index contributed by atoms with van der Waals surface area (Å²) in [5.74, 6) is 0.0226. The molecular weight excluding hydrogens is 247 g/mol. The van der Waals surface area contributed by atoms with Crippen LogP contribution in [-0.4, -0.2) is 11.7 Å². The summed E-state index contributed by atoms with van der Waals surface area (Å²) in [5.41, 5.74) is 1.05. The lowest BCUT2D eigenvalue weighted by molar-refractivity contribution is 0.222. The Labute approximate surface area is 92.1 Å². The van der Waals surface area contributed by atoms with Crippen LogP contribution >= 0.6 is 15.9 Å². The van der Waals surface area contributed by atoms with Crippen LogP contribution in [0.4, 0.5) is 4.39 Å². The molecule has 1 aromatic carbocycles. The lowest BCUT2D eigenvalue weighted by Crippen LogP contribution is -2.08. The smallest absolute Gasteiger partial charge is 0.124 e. The maximum absolute atomic E-state index is 12.8. The number of aliphatic hydroxyl groups excluding tert-OH is 1. The standard InChI is InChI=1S/C11H14BrFO/c1-2-8(7-14)5-9-3-4-10(13)6-11(9)12/h3-4,6,8,14H,2,5,7H2,1H3. The third-order valence-corrected chi connectivity index (χ3v) is 3.10. The number of hydrogen-bond acceptors (Lipinski definition) is 1. The molecule has 1 aromatic rings. The maximum Gasteiger partial charge on any atom is 0.124 e. The van der Waals surface area contributed by atoms with Crippen molar-refractivity contribution < 1.29 is 9.50 Å². The Bertz CT molecular complexity index is 297. The van der Waals surface area contributed by atoms with Gasteiger partial charge in [0.25, 0.3) is 0 Å². The molecule has 1 N–H and O–H groups in total. The number of benzene rings is 1. The zero-order valence-electron chi connectivity index (χ0n) is 8.13. The highest BCUT2D eigenvalue weighted by Crippen LogP contribution is 2.22. The average Bonchev–Trinajstić information content (AvgIpc) is 2.17. The van der Waals surface area contributed by atoms with E-state index in [1.165, 1.54) is 12.1 Å². The topological polar surface area (TPSA) is 20.2 Å². The van der Waals surface area contributed by atoms with Crippen LogP contribution in [0.25, 0.3) is 0 Å². The number of rotatable bonds is 4. The fourth-order valence-electron chi connectivity index (χ4n) is 1.34. The highest BCUT2D eigenvalue weighted by molar-refractivity contribution is 9.10. The van der Waals surface area contributed by atoms with Crippen molar-refractivity contribution in [3.63, 3.8) is 0 Å². The van der Waals surface area contributed by atoms with Crippen molar-refractivity contribution in [2.24, 2.45) is 5.92 Å². The summed E-state index contributed by atoms with van der Waals surface area (Å²) in [7, 11) is 0. The van der Waals surface area contributed by atoms with Crippen LogP contribution in [0.3, 0.4) is 0 Å². The van der Waals surface area contributed by atoms with Gasteiger partial charge in [0.2, 0.25) is 0 Å². The van der Waals surface area contributed by atoms with Gasteiger partial charge in [-0.15, -0.1) is 0 Å². The Kier molecular flexibility index (Phi) is 4.55. The van der Waals surface area contributed by atoms with Crippen LogP contribution in [0.5, 0.6) is 0 Å². The molecule has 0 saturated carbocycles. The monoisotopic (exact) mass is 260 g/mol. The van der Waals surface area contributed by atoms with E-state index in [4.69, 9.17) is 5.11 Å². The summed E-state index contributed by atoms with van der Waals surface area (Å²) < 4.78 is 13.6. The molecular formula is C11H14BrFO.